The Morgan fingerprint density at radius 1 is 0.935 bits per heavy atom. The molecule has 3 aromatic carbocycles. The van der Waals surface area contributed by atoms with Crippen molar-refractivity contribution in [2.24, 2.45) is 0 Å². The number of anilines is 1. The standard InChI is InChI=1S/C25H25N3O2S/c1-4-28-21-11-7-5-9-18(21)20-15-17(13-14-22(20)28)26-25(30)19-10-6-8-12-23(19)31-16-24(29)27(2)3/h5-15H,4,16H2,1-3H3,(H,26,30). The summed E-state index contributed by atoms with van der Waals surface area (Å²) >= 11 is 1.38. The van der Waals surface area contributed by atoms with Crippen molar-refractivity contribution >= 4 is 51.1 Å². The predicted molar refractivity (Wildman–Crippen MR) is 129 cm³/mol. The molecule has 4 aromatic rings. The highest BCUT2D eigenvalue weighted by Crippen LogP contribution is 2.31. The molecule has 5 nitrogen and oxygen atoms in total. The van der Waals surface area contributed by atoms with Crippen molar-refractivity contribution in [3.05, 3.63) is 72.3 Å². The molecule has 0 aliphatic rings. The molecule has 0 fully saturated rings. The molecule has 0 saturated heterocycles. The maximum atomic E-state index is 13.0. The van der Waals surface area contributed by atoms with Crippen LogP contribution in [0.3, 0.4) is 0 Å². The van der Waals surface area contributed by atoms with Crippen molar-refractivity contribution in [3.8, 4) is 0 Å². The van der Waals surface area contributed by atoms with Gasteiger partial charge in [-0.05, 0) is 43.3 Å². The van der Waals surface area contributed by atoms with Crippen LogP contribution in [-0.2, 0) is 11.3 Å². The maximum Gasteiger partial charge on any atom is 0.256 e. The van der Waals surface area contributed by atoms with E-state index in [9.17, 15) is 9.59 Å². The molecule has 0 radical (unpaired) electrons. The Kier molecular flexibility index (Phi) is 6.00. The molecule has 1 N–H and O–H groups in total. The van der Waals surface area contributed by atoms with E-state index >= 15 is 0 Å². The lowest BCUT2D eigenvalue weighted by molar-refractivity contribution is -0.125. The van der Waals surface area contributed by atoms with Crippen LogP contribution in [-0.4, -0.2) is 41.1 Å². The molecule has 1 aromatic heterocycles. The monoisotopic (exact) mass is 431 g/mol. The van der Waals surface area contributed by atoms with Crippen LogP contribution in [0.1, 0.15) is 17.3 Å². The van der Waals surface area contributed by atoms with Crippen molar-refractivity contribution in [3.63, 3.8) is 0 Å². The summed E-state index contributed by atoms with van der Waals surface area (Å²) in [4.78, 5) is 27.3. The molecular weight excluding hydrogens is 406 g/mol. The van der Waals surface area contributed by atoms with Gasteiger partial charge in [0.05, 0.1) is 11.3 Å². The summed E-state index contributed by atoms with van der Waals surface area (Å²) in [7, 11) is 3.46. The number of rotatable bonds is 6. The minimum atomic E-state index is -0.181. The summed E-state index contributed by atoms with van der Waals surface area (Å²) in [6, 6.07) is 21.7. The van der Waals surface area contributed by atoms with E-state index in [1.54, 1.807) is 25.1 Å². The van der Waals surface area contributed by atoms with E-state index in [2.05, 4.69) is 35.0 Å². The summed E-state index contributed by atoms with van der Waals surface area (Å²) in [5.74, 6) is 0.122. The molecule has 0 spiro atoms. The van der Waals surface area contributed by atoms with Crippen molar-refractivity contribution < 1.29 is 9.59 Å². The first-order valence-corrected chi connectivity index (χ1v) is 11.2. The Hall–Kier alpha value is -3.25. The van der Waals surface area contributed by atoms with E-state index in [1.165, 1.54) is 22.7 Å². The lowest BCUT2D eigenvalue weighted by atomic mass is 10.1. The smallest absolute Gasteiger partial charge is 0.256 e. The van der Waals surface area contributed by atoms with Crippen LogP contribution in [0, 0.1) is 0 Å². The lowest BCUT2D eigenvalue weighted by Crippen LogP contribution is -2.23. The Morgan fingerprint density at radius 3 is 2.42 bits per heavy atom. The molecule has 0 aliphatic heterocycles. The first-order valence-electron chi connectivity index (χ1n) is 10.2. The van der Waals surface area contributed by atoms with E-state index in [4.69, 9.17) is 0 Å². The largest absolute Gasteiger partial charge is 0.348 e. The van der Waals surface area contributed by atoms with Gasteiger partial charge in [-0.1, -0.05) is 30.3 Å². The van der Waals surface area contributed by atoms with Crippen molar-refractivity contribution in [1.82, 2.24) is 9.47 Å². The maximum absolute atomic E-state index is 13.0. The summed E-state index contributed by atoms with van der Waals surface area (Å²) in [6.07, 6.45) is 0. The van der Waals surface area contributed by atoms with Gasteiger partial charge in [0.2, 0.25) is 5.91 Å². The number of aromatic nitrogens is 1. The van der Waals surface area contributed by atoms with Crippen LogP contribution in [0.4, 0.5) is 5.69 Å². The third kappa shape index (κ3) is 4.16. The molecular formula is C25H25N3O2S. The quantitative estimate of drug-likeness (QED) is 0.425. The number of para-hydroxylation sites is 1. The second-order valence-electron chi connectivity index (χ2n) is 7.52. The highest BCUT2D eigenvalue weighted by atomic mass is 32.2. The molecule has 4 rings (SSSR count). The SMILES string of the molecule is CCn1c2ccccc2c2cc(NC(=O)c3ccccc3SCC(=O)N(C)C)ccc21. The second kappa shape index (κ2) is 8.86. The lowest BCUT2D eigenvalue weighted by Gasteiger charge is -2.12. The summed E-state index contributed by atoms with van der Waals surface area (Å²) in [6.45, 7) is 3.02. The first kappa shape index (κ1) is 21.0. The van der Waals surface area contributed by atoms with Crippen LogP contribution in [0.2, 0.25) is 0 Å². The number of carbonyl (C=O) groups is 2. The number of aryl methyl sites for hydroxylation is 1. The molecule has 31 heavy (non-hydrogen) atoms. The van der Waals surface area contributed by atoms with Gasteiger partial charge in [-0.25, -0.2) is 0 Å². The van der Waals surface area contributed by atoms with E-state index < -0.39 is 0 Å². The normalized spacial score (nSPS) is 11.1. The van der Waals surface area contributed by atoms with E-state index in [-0.39, 0.29) is 11.8 Å². The van der Waals surface area contributed by atoms with Crippen molar-refractivity contribution in [2.75, 3.05) is 25.2 Å². The molecule has 0 bridgehead atoms. The third-order valence-corrected chi connectivity index (χ3v) is 6.39. The summed E-state index contributed by atoms with van der Waals surface area (Å²) in [5, 5.41) is 5.33. The fourth-order valence-electron chi connectivity index (χ4n) is 3.72. The van der Waals surface area contributed by atoms with Crippen LogP contribution < -0.4 is 5.32 Å². The number of benzene rings is 3. The van der Waals surface area contributed by atoms with E-state index in [1.807, 2.05) is 42.5 Å². The molecule has 2 amide bonds. The van der Waals surface area contributed by atoms with Crippen molar-refractivity contribution in [1.29, 1.82) is 0 Å². The topological polar surface area (TPSA) is 54.3 Å². The van der Waals surface area contributed by atoms with Crippen LogP contribution in [0.5, 0.6) is 0 Å². The van der Waals surface area contributed by atoms with E-state index in [0.717, 1.165) is 28.0 Å². The van der Waals surface area contributed by atoms with Gasteiger partial charge in [0.25, 0.3) is 5.91 Å². The molecule has 0 saturated carbocycles. The Bertz CT molecular complexity index is 1280. The zero-order valence-electron chi connectivity index (χ0n) is 17.9. The number of hydrogen-bond donors (Lipinski definition) is 1. The molecule has 0 atom stereocenters. The van der Waals surface area contributed by atoms with E-state index in [0.29, 0.717) is 11.3 Å². The third-order valence-electron chi connectivity index (χ3n) is 5.33. The Morgan fingerprint density at radius 2 is 1.65 bits per heavy atom. The fraction of sp³-hybridized carbons (Fsp3) is 0.200. The zero-order chi connectivity index (χ0) is 22.0. The number of hydrogen-bond acceptors (Lipinski definition) is 3. The van der Waals surface area contributed by atoms with Gasteiger partial charge in [0, 0.05) is 53.0 Å². The van der Waals surface area contributed by atoms with Gasteiger partial charge in [0.1, 0.15) is 0 Å². The van der Waals surface area contributed by atoms with Gasteiger partial charge < -0.3 is 14.8 Å². The number of thioether (sulfide) groups is 1. The molecule has 0 aliphatic carbocycles. The van der Waals surface area contributed by atoms with Gasteiger partial charge in [-0.3, -0.25) is 9.59 Å². The predicted octanol–water partition coefficient (Wildman–Crippen LogP) is 5.25. The Labute approximate surface area is 186 Å². The minimum absolute atomic E-state index is 0.0120. The van der Waals surface area contributed by atoms with Gasteiger partial charge >= 0.3 is 0 Å². The number of carbonyl (C=O) groups excluding carboxylic acids is 2. The highest BCUT2D eigenvalue weighted by molar-refractivity contribution is 8.00. The van der Waals surface area contributed by atoms with Gasteiger partial charge in [-0.15, -0.1) is 11.8 Å². The number of amides is 2. The average molecular weight is 432 g/mol. The number of nitrogens with one attached hydrogen (secondary N) is 1. The van der Waals surface area contributed by atoms with Crippen LogP contribution >= 0.6 is 11.8 Å². The minimum Gasteiger partial charge on any atom is -0.348 e. The summed E-state index contributed by atoms with van der Waals surface area (Å²) in [5.41, 5.74) is 3.66. The fourth-order valence-corrected chi connectivity index (χ4v) is 4.75. The van der Waals surface area contributed by atoms with Gasteiger partial charge in [-0.2, -0.15) is 0 Å². The van der Waals surface area contributed by atoms with Crippen molar-refractivity contribution in [2.45, 2.75) is 18.4 Å². The molecule has 0 unspecified atom stereocenters. The second-order valence-corrected chi connectivity index (χ2v) is 8.54. The first-order chi connectivity index (χ1) is 15.0. The molecule has 158 valence electrons. The molecule has 6 heteroatoms. The van der Waals surface area contributed by atoms with Crippen LogP contribution in [0.25, 0.3) is 21.8 Å². The Balaban J connectivity index is 1.62. The van der Waals surface area contributed by atoms with Gasteiger partial charge in [0.15, 0.2) is 0 Å². The molecule has 1 heterocycles. The zero-order valence-corrected chi connectivity index (χ0v) is 18.7. The number of fused-ring (bicyclic) bond motifs is 3. The van der Waals surface area contributed by atoms with Crippen LogP contribution in [0.15, 0.2) is 71.6 Å². The highest BCUT2D eigenvalue weighted by Gasteiger charge is 2.15. The number of nitrogens with zero attached hydrogens (tertiary/aromatic N) is 2. The average Bonchev–Trinajstić information content (AvgIpc) is 3.10. The summed E-state index contributed by atoms with van der Waals surface area (Å²) < 4.78 is 2.28.